The lowest BCUT2D eigenvalue weighted by molar-refractivity contribution is -0.124. The minimum absolute atomic E-state index is 0.0986. The summed E-state index contributed by atoms with van der Waals surface area (Å²) in [5, 5.41) is 13.2. The van der Waals surface area contributed by atoms with Gasteiger partial charge in [0.25, 0.3) is 5.91 Å². The molecule has 2 rings (SSSR count). The Kier molecular flexibility index (Phi) is 4.63. The summed E-state index contributed by atoms with van der Waals surface area (Å²) in [6.45, 7) is 0.855. The van der Waals surface area contributed by atoms with Gasteiger partial charge in [-0.1, -0.05) is 11.6 Å². The highest BCUT2D eigenvalue weighted by molar-refractivity contribution is 6.30. The number of hydrogen-bond donors (Lipinski definition) is 2. The van der Waals surface area contributed by atoms with Gasteiger partial charge >= 0.3 is 0 Å². The average molecular weight is 286 g/mol. The molecule has 2 N–H and O–H groups in total. The molecule has 1 aromatic rings. The van der Waals surface area contributed by atoms with Crippen molar-refractivity contribution in [1.29, 1.82) is 0 Å². The topological polar surface area (TPSA) is 67.8 Å². The van der Waals surface area contributed by atoms with Gasteiger partial charge in [-0.25, -0.2) is 0 Å². The third kappa shape index (κ3) is 4.38. The molecule has 0 aliphatic carbocycles. The number of aliphatic hydroxyl groups is 1. The fraction of sp³-hybridized carbons (Fsp3) is 0.462. The fourth-order valence-corrected chi connectivity index (χ4v) is 1.86. The van der Waals surface area contributed by atoms with E-state index in [0.29, 0.717) is 23.8 Å². The first-order valence-electron chi connectivity index (χ1n) is 6.03. The van der Waals surface area contributed by atoms with E-state index in [1.54, 1.807) is 24.3 Å². The van der Waals surface area contributed by atoms with Crippen LogP contribution in [0.4, 0.5) is 0 Å². The number of hydrogen-bond acceptors (Lipinski definition) is 4. The Bertz CT molecular complexity index is 429. The molecule has 6 heteroatoms. The van der Waals surface area contributed by atoms with Gasteiger partial charge in [-0.3, -0.25) is 4.79 Å². The van der Waals surface area contributed by atoms with E-state index in [9.17, 15) is 9.90 Å². The Hall–Kier alpha value is -1.30. The van der Waals surface area contributed by atoms with Crippen LogP contribution >= 0.6 is 11.6 Å². The lowest BCUT2D eigenvalue weighted by Crippen LogP contribution is -2.44. The molecule has 0 saturated carbocycles. The first kappa shape index (κ1) is 14.1. The predicted molar refractivity (Wildman–Crippen MR) is 70.3 cm³/mol. The Labute approximate surface area is 116 Å². The highest BCUT2D eigenvalue weighted by Crippen LogP contribution is 2.17. The fourth-order valence-electron chi connectivity index (χ4n) is 1.73. The molecular weight excluding hydrogens is 270 g/mol. The van der Waals surface area contributed by atoms with Gasteiger partial charge in [-0.15, -0.1) is 0 Å². The van der Waals surface area contributed by atoms with E-state index in [1.807, 2.05) is 0 Å². The summed E-state index contributed by atoms with van der Waals surface area (Å²) in [6.07, 6.45) is 0.533. The van der Waals surface area contributed by atoms with E-state index in [4.69, 9.17) is 21.1 Å². The molecule has 0 bridgehead atoms. The number of halogens is 1. The summed E-state index contributed by atoms with van der Waals surface area (Å²) in [6, 6.07) is 6.75. The Morgan fingerprint density at radius 2 is 2.21 bits per heavy atom. The van der Waals surface area contributed by atoms with Crippen LogP contribution in [0.3, 0.4) is 0 Å². The van der Waals surface area contributed by atoms with Crippen LogP contribution in [0.1, 0.15) is 6.42 Å². The average Bonchev–Trinajstić information content (AvgIpc) is 2.83. The summed E-state index contributed by atoms with van der Waals surface area (Å²) in [4.78, 5) is 11.6. The van der Waals surface area contributed by atoms with Gasteiger partial charge in [0.15, 0.2) is 6.61 Å². The lowest BCUT2D eigenvalue weighted by Gasteiger charge is -2.20. The van der Waals surface area contributed by atoms with Crippen LogP contribution in [0.15, 0.2) is 24.3 Å². The standard InChI is InChI=1S/C13H16ClNO4/c14-10-1-3-11(4-2-10)19-7-12(16)15-8-13(17)5-6-18-9-13/h1-4,17H,5-9H2,(H,15,16)/t13-/m0/s1. The highest BCUT2D eigenvalue weighted by Gasteiger charge is 2.32. The maximum absolute atomic E-state index is 11.6. The van der Waals surface area contributed by atoms with Crippen molar-refractivity contribution in [2.75, 3.05) is 26.4 Å². The molecule has 1 saturated heterocycles. The van der Waals surface area contributed by atoms with Crippen LogP contribution in [-0.4, -0.2) is 43.0 Å². The zero-order valence-corrected chi connectivity index (χ0v) is 11.2. The molecule has 0 aromatic heterocycles. The predicted octanol–water partition coefficient (Wildman–Crippen LogP) is 0.986. The van der Waals surface area contributed by atoms with Crippen molar-refractivity contribution in [2.45, 2.75) is 12.0 Å². The third-order valence-electron chi connectivity index (χ3n) is 2.88. The van der Waals surface area contributed by atoms with Crippen molar-refractivity contribution in [2.24, 2.45) is 0 Å². The van der Waals surface area contributed by atoms with E-state index in [2.05, 4.69) is 5.32 Å². The molecule has 5 nitrogen and oxygen atoms in total. The molecule has 0 unspecified atom stereocenters. The summed E-state index contributed by atoms with van der Waals surface area (Å²) < 4.78 is 10.4. The third-order valence-corrected chi connectivity index (χ3v) is 3.13. The summed E-state index contributed by atoms with van der Waals surface area (Å²) in [7, 11) is 0. The normalized spacial score (nSPS) is 22.2. The van der Waals surface area contributed by atoms with Crippen molar-refractivity contribution in [3.63, 3.8) is 0 Å². The van der Waals surface area contributed by atoms with Crippen LogP contribution in [0.2, 0.25) is 5.02 Å². The number of carbonyl (C=O) groups is 1. The molecule has 1 aliphatic heterocycles. The van der Waals surface area contributed by atoms with Crippen LogP contribution in [0.25, 0.3) is 0 Å². The first-order valence-corrected chi connectivity index (χ1v) is 6.40. The van der Waals surface area contributed by atoms with Gasteiger partial charge in [0.2, 0.25) is 0 Å². The maximum atomic E-state index is 11.6. The van der Waals surface area contributed by atoms with Crippen molar-refractivity contribution < 1.29 is 19.4 Å². The van der Waals surface area contributed by atoms with Crippen LogP contribution in [0.5, 0.6) is 5.75 Å². The zero-order chi connectivity index (χ0) is 13.7. The Balaban J connectivity index is 1.71. The largest absolute Gasteiger partial charge is 0.484 e. The van der Waals surface area contributed by atoms with Crippen LogP contribution < -0.4 is 10.1 Å². The van der Waals surface area contributed by atoms with Gasteiger partial charge < -0.3 is 19.9 Å². The van der Waals surface area contributed by atoms with E-state index >= 15 is 0 Å². The van der Waals surface area contributed by atoms with Crippen molar-refractivity contribution in [3.8, 4) is 5.75 Å². The minimum Gasteiger partial charge on any atom is -0.484 e. The molecule has 104 valence electrons. The molecule has 19 heavy (non-hydrogen) atoms. The summed E-state index contributed by atoms with van der Waals surface area (Å²) in [5.41, 5.74) is -0.948. The summed E-state index contributed by atoms with van der Waals surface area (Å²) in [5.74, 6) is 0.290. The molecule has 1 atom stereocenters. The number of nitrogens with one attached hydrogen (secondary N) is 1. The minimum atomic E-state index is -0.948. The monoisotopic (exact) mass is 285 g/mol. The van der Waals surface area contributed by atoms with Crippen LogP contribution in [0, 0.1) is 0 Å². The molecule has 1 heterocycles. The number of ether oxygens (including phenoxy) is 2. The lowest BCUT2D eigenvalue weighted by atomic mass is 10.0. The van der Waals surface area contributed by atoms with Gasteiger partial charge in [0.1, 0.15) is 11.4 Å². The molecule has 1 aromatic carbocycles. The first-order chi connectivity index (χ1) is 9.07. The SMILES string of the molecule is O=C(COc1ccc(Cl)cc1)NC[C@@]1(O)CCOC1. The molecule has 1 aliphatic rings. The second-order valence-corrected chi connectivity index (χ2v) is 4.98. The molecule has 0 spiro atoms. The van der Waals surface area contributed by atoms with E-state index in [0.717, 1.165) is 0 Å². The second kappa shape index (κ2) is 6.23. The number of rotatable bonds is 5. The smallest absolute Gasteiger partial charge is 0.258 e. The number of benzene rings is 1. The molecule has 1 amide bonds. The Morgan fingerprint density at radius 1 is 1.47 bits per heavy atom. The quantitative estimate of drug-likeness (QED) is 0.846. The van der Waals surface area contributed by atoms with Gasteiger partial charge in [-0.05, 0) is 24.3 Å². The molecule has 0 radical (unpaired) electrons. The highest BCUT2D eigenvalue weighted by atomic mass is 35.5. The Morgan fingerprint density at radius 3 is 2.84 bits per heavy atom. The van der Waals surface area contributed by atoms with Gasteiger partial charge in [0, 0.05) is 24.6 Å². The van der Waals surface area contributed by atoms with Gasteiger partial charge in [0.05, 0.1) is 6.61 Å². The number of carbonyl (C=O) groups excluding carboxylic acids is 1. The zero-order valence-electron chi connectivity index (χ0n) is 10.4. The van der Waals surface area contributed by atoms with Crippen LogP contribution in [-0.2, 0) is 9.53 Å². The maximum Gasteiger partial charge on any atom is 0.258 e. The van der Waals surface area contributed by atoms with Crippen molar-refractivity contribution in [1.82, 2.24) is 5.32 Å². The van der Waals surface area contributed by atoms with Gasteiger partial charge in [-0.2, -0.15) is 0 Å². The van der Waals surface area contributed by atoms with E-state index in [1.165, 1.54) is 0 Å². The summed E-state index contributed by atoms with van der Waals surface area (Å²) >= 11 is 5.74. The van der Waals surface area contributed by atoms with Crippen molar-refractivity contribution in [3.05, 3.63) is 29.3 Å². The van der Waals surface area contributed by atoms with E-state index in [-0.39, 0.29) is 25.7 Å². The number of amides is 1. The molecular formula is C13H16ClNO4. The second-order valence-electron chi connectivity index (χ2n) is 4.55. The van der Waals surface area contributed by atoms with E-state index < -0.39 is 5.60 Å². The van der Waals surface area contributed by atoms with Crippen molar-refractivity contribution >= 4 is 17.5 Å². The molecule has 1 fully saturated rings.